The first kappa shape index (κ1) is 17.9. The average Bonchev–Trinajstić information content (AvgIpc) is 2.98. The summed E-state index contributed by atoms with van der Waals surface area (Å²) in [7, 11) is 1.41. The van der Waals surface area contributed by atoms with Crippen LogP contribution < -0.4 is 5.32 Å². The molecule has 3 fully saturated rings. The van der Waals surface area contributed by atoms with Crippen molar-refractivity contribution in [2.45, 2.75) is 26.2 Å². The van der Waals surface area contributed by atoms with Crippen molar-refractivity contribution >= 4 is 28.2 Å². The van der Waals surface area contributed by atoms with E-state index in [2.05, 4.69) is 17.1 Å². The molecule has 0 radical (unpaired) electrons. The van der Waals surface area contributed by atoms with E-state index in [1.807, 2.05) is 0 Å². The van der Waals surface area contributed by atoms with Gasteiger partial charge in [0, 0.05) is 24.5 Å². The van der Waals surface area contributed by atoms with Gasteiger partial charge in [-0.15, -0.1) is 11.3 Å². The number of amides is 1. The molecule has 7 heteroatoms. The van der Waals surface area contributed by atoms with Crippen LogP contribution in [0.2, 0.25) is 0 Å². The number of quaternary nitrogens is 1. The van der Waals surface area contributed by atoms with Crippen molar-refractivity contribution in [2.24, 2.45) is 5.92 Å². The van der Waals surface area contributed by atoms with Crippen LogP contribution in [0.3, 0.4) is 0 Å². The molecular weight excluding hydrogens is 350 g/mol. The lowest BCUT2D eigenvalue weighted by molar-refractivity contribution is -0.933. The molecule has 1 aliphatic carbocycles. The van der Waals surface area contributed by atoms with Crippen LogP contribution in [0.25, 0.3) is 0 Å². The highest BCUT2D eigenvalue weighted by Crippen LogP contribution is 2.40. The summed E-state index contributed by atoms with van der Waals surface area (Å²) in [5.74, 6) is 0.321. The zero-order valence-corrected chi connectivity index (χ0v) is 16.5. The summed E-state index contributed by atoms with van der Waals surface area (Å²) in [5, 5.41) is 3.76. The molecule has 26 heavy (non-hydrogen) atoms. The smallest absolute Gasteiger partial charge is 0.341 e. The summed E-state index contributed by atoms with van der Waals surface area (Å²) in [6, 6.07) is 0. The molecule has 1 aromatic heterocycles. The molecule has 5 rings (SSSR count). The van der Waals surface area contributed by atoms with Crippen LogP contribution in [0, 0.1) is 5.92 Å². The van der Waals surface area contributed by atoms with Crippen molar-refractivity contribution in [1.82, 2.24) is 4.90 Å². The lowest BCUT2D eigenvalue weighted by atomic mass is 9.88. The van der Waals surface area contributed by atoms with Gasteiger partial charge < -0.3 is 14.5 Å². The van der Waals surface area contributed by atoms with Crippen molar-refractivity contribution in [1.29, 1.82) is 0 Å². The number of hydrogen-bond acceptors (Lipinski definition) is 5. The first-order valence-corrected chi connectivity index (χ1v) is 10.4. The van der Waals surface area contributed by atoms with E-state index in [0.717, 1.165) is 68.6 Å². The van der Waals surface area contributed by atoms with Crippen molar-refractivity contribution in [3.05, 3.63) is 16.0 Å². The number of esters is 1. The molecule has 0 saturated carbocycles. The number of anilines is 1. The second-order valence-electron chi connectivity index (χ2n) is 8.11. The fourth-order valence-electron chi connectivity index (χ4n) is 4.60. The largest absolute Gasteiger partial charge is 0.465 e. The first-order chi connectivity index (χ1) is 12.5. The average molecular weight is 379 g/mol. The Bertz CT molecular complexity index is 708. The van der Waals surface area contributed by atoms with Crippen molar-refractivity contribution in [3.8, 4) is 0 Å². The number of piperazine rings is 3. The van der Waals surface area contributed by atoms with E-state index in [0.29, 0.717) is 23.0 Å². The monoisotopic (exact) mass is 378 g/mol. The number of methoxy groups -OCH3 is 1. The van der Waals surface area contributed by atoms with Gasteiger partial charge in [-0.25, -0.2) is 4.79 Å². The molecule has 4 aliphatic rings. The summed E-state index contributed by atoms with van der Waals surface area (Å²) in [6.07, 6.45) is 2.95. The molecule has 1 aromatic rings. The summed E-state index contributed by atoms with van der Waals surface area (Å²) >= 11 is 1.57. The molecule has 142 valence electrons. The molecule has 3 aliphatic heterocycles. The van der Waals surface area contributed by atoms with E-state index >= 15 is 0 Å². The Balaban J connectivity index is 1.53. The van der Waals surface area contributed by atoms with Crippen LogP contribution in [0.15, 0.2) is 0 Å². The van der Waals surface area contributed by atoms with Gasteiger partial charge in [0.1, 0.15) is 5.00 Å². The van der Waals surface area contributed by atoms with E-state index in [-0.39, 0.29) is 11.9 Å². The molecule has 2 bridgehead atoms. The topological polar surface area (TPSA) is 58.6 Å². The molecule has 1 N–H and O–H groups in total. The Kier molecular flexibility index (Phi) is 4.79. The van der Waals surface area contributed by atoms with Gasteiger partial charge in [0.25, 0.3) is 5.91 Å². The molecule has 0 aromatic carbocycles. The number of thiophene rings is 1. The minimum absolute atomic E-state index is 0.0251. The second-order valence-corrected chi connectivity index (χ2v) is 9.21. The Morgan fingerprint density at radius 1 is 1.27 bits per heavy atom. The predicted octanol–water partition coefficient (Wildman–Crippen LogP) is 1.74. The van der Waals surface area contributed by atoms with Crippen LogP contribution in [0.1, 0.15) is 34.1 Å². The molecular formula is C19H28N3O3S+. The fourth-order valence-corrected chi connectivity index (χ4v) is 6.01. The Morgan fingerprint density at radius 2 is 1.96 bits per heavy atom. The maximum Gasteiger partial charge on any atom is 0.341 e. The Hall–Kier alpha value is -1.44. The highest BCUT2D eigenvalue weighted by atomic mass is 32.1. The van der Waals surface area contributed by atoms with Crippen LogP contribution in [0.5, 0.6) is 0 Å². The van der Waals surface area contributed by atoms with Crippen LogP contribution >= 0.6 is 11.3 Å². The first-order valence-electron chi connectivity index (χ1n) is 9.60. The normalized spacial score (nSPS) is 29.9. The van der Waals surface area contributed by atoms with Gasteiger partial charge in [-0.05, 0) is 30.7 Å². The summed E-state index contributed by atoms with van der Waals surface area (Å²) in [6.45, 7) is 9.17. The van der Waals surface area contributed by atoms with Crippen molar-refractivity contribution < 1.29 is 18.8 Å². The fraction of sp³-hybridized carbons (Fsp3) is 0.684. The van der Waals surface area contributed by atoms with Crippen LogP contribution in [-0.4, -0.2) is 74.2 Å². The van der Waals surface area contributed by atoms with E-state index < -0.39 is 0 Å². The number of fused-ring (bicyclic) bond motifs is 4. The molecule has 3 saturated heterocycles. The van der Waals surface area contributed by atoms with Gasteiger partial charge in [0.2, 0.25) is 0 Å². The van der Waals surface area contributed by atoms with Gasteiger partial charge in [0.15, 0.2) is 6.54 Å². The number of hydrogen-bond donors (Lipinski definition) is 1. The standard InChI is InChI=1S/C19H27N3O3S/c1-13-3-4-14-15(11-13)26-18(17(14)19(24)25-2)20-16(23)12-22-8-5-21(6-9-22)7-10-22/h13H,3-12H2,1-2H3/p+1/t13-/m0/s1. The van der Waals surface area contributed by atoms with Crippen molar-refractivity contribution in [3.63, 3.8) is 0 Å². The van der Waals surface area contributed by atoms with Gasteiger partial charge in [-0.3, -0.25) is 9.69 Å². The third-order valence-electron chi connectivity index (χ3n) is 6.30. The molecule has 1 atom stereocenters. The number of ether oxygens (including phenoxy) is 1. The third kappa shape index (κ3) is 3.28. The number of carbonyl (C=O) groups is 2. The highest BCUT2D eigenvalue weighted by Gasteiger charge is 2.40. The van der Waals surface area contributed by atoms with E-state index in [9.17, 15) is 9.59 Å². The molecule has 6 nitrogen and oxygen atoms in total. The molecule has 0 spiro atoms. The molecule has 0 unspecified atom stereocenters. The molecule has 1 amide bonds. The number of carbonyl (C=O) groups excluding carboxylic acids is 2. The zero-order chi connectivity index (χ0) is 18.3. The maximum atomic E-state index is 12.8. The summed E-state index contributed by atoms with van der Waals surface area (Å²) < 4.78 is 5.90. The highest BCUT2D eigenvalue weighted by molar-refractivity contribution is 7.17. The van der Waals surface area contributed by atoms with Crippen LogP contribution in [-0.2, 0) is 22.4 Å². The number of rotatable bonds is 4. The van der Waals surface area contributed by atoms with Crippen molar-refractivity contribution in [2.75, 3.05) is 58.2 Å². The molecule has 4 heterocycles. The zero-order valence-electron chi connectivity index (χ0n) is 15.7. The van der Waals surface area contributed by atoms with Crippen LogP contribution in [0.4, 0.5) is 5.00 Å². The quantitative estimate of drug-likeness (QED) is 0.641. The number of nitrogens with zero attached hydrogens (tertiary/aromatic N) is 2. The van der Waals surface area contributed by atoms with E-state index in [1.165, 1.54) is 12.0 Å². The lowest BCUT2D eigenvalue weighted by Gasteiger charge is -2.50. The SMILES string of the molecule is COC(=O)c1c(NC(=O)C[N+]23CCN(CC2)CC3)sc2c1CC[C@H](C)C2. The lowest BCUT2D eigenvalue weighted by Crippen LogP contribution is -2.68. The predicted molar refractivity (Wildman–Crippen MR) is 102 cm³/mol. The van der Waals surface area contributed by atoms with E-state index in [4.69, 9.17) is 4.74 Å². The van der Waals surface area contributed by atoms with Gasteiger partial charge in [0.05, 0.1) is 32.3 Å². The maximum absolute atomic E-state index is 12.8. The Morgan fingerprint density at radius 3 is 2.62 bits per heavy atom. The number of nitrogens with one attached hydrogen (secondary N) is 1. The summed E-state index contributed by atoms with van der Waals surface area (Å²) in [5.41, 5.74) is 1.69. The Labute approximate surface area is 158 Å². The van der Waals surface area contributed by atoms with E-state index in [1.54, 1.807) is 11.3 Å². The van der Waals surface area contributed by atoms with Gasteiger partial charge in [-0.2, -0.15) is 0 Å². The van der Waals surface area contributed by atoms with Gasteiger partial charge >= 0.3 is 5.97 Å². The second kappa shape index (κ2) is 6.94. The minimum Gasteiger partial charge on any atom is -0.465 e. The van der Waals surface area contributed by atoms with Gasteiger partial charge in [-0.1, -0.05) is 6.92 Å². The third-order valence-corrected chi connectivity index (χ3v) is 7.47. The minimum atomic E-state index is -0.328. The summed E-state index contributed by atoms with van der Waals surface area (Å²) in [4.78, 5) is 28.9.